The summed E-state index contributed by atoms with van der Waals surface area (Å²) >= 11 is 0. The van der Waals surface area contributed by atoms with Crippen LogP contribution in [0.5, 0.6) is 0 Å². The normalized spacial score (nSPS) is 10.1. The van der Waals surface area contributed by atoms with E-state index in [9.17, 15) is 19.2 Å². The number of anilines is 1. The number of amides is 6. The monoisotopic (exact) mass is 440 g/mol. The van der Waals surface area contributed by atoms with E-state index in [0.717, 1.165) is 25.7 Å². The Morgan fingerprint density at radius 3 is 2.31 bits per heavy atom. The highest BCUT2D eigenvalue weighted by Crippen LogP contribution is 2.19. The molecule has 160 valence electrons. The SMILES string of the molecule is CCCCCCC(=O)NC(=O)NCCSSCC(=O)NC(=O)Nc1ccccc1. The quantitative estimate of drug-likeness (QED) is 0.292. The molecule has 0 saturated heterocycles. The van der Waals surface area contributed by atoms with Gasteiger partial charge in [0.2, 0.25) is 11.8 Å². The van der Waals surface area contributed by atoms with Crippen molar-refractivity contribution in [1.82, 2.24) is 16.0 Å². The summed E-state index contributed by atoms with van der Waals surface area (Å²) in [6.45, 7) is 2.46. The zero-order valence-corrected chi connectivity index (χ0v) is 18.1. The lowest BCUT2D eigenvalue weighted by Crippen LogP contribution is -2.40. The summed E-state index contributed by atoms with van der Waals surface area (Å²) in [7, 11) is 2.67. The number of carbonyl (C=O) groups is 4. The van der Waals surface area contributed by atoms with Gasteiger partial charge in [-0.1, -0.05) is 66.0 Å². The lowest BCUT2D eigenvalue weighted by Gasteiger charge is -2.07. The smallest absolute Gasteiger partial charge is 0.325 e. The average Bonchev–Trinajstić information content (AvgIpc) is 2.68. The molecule has 8 nitrogen and oxygen atoms in total. The zero-order chi connectivity index (χ0) is 21.3. The Balaban J connectivity index is 2.01. The molecule has 0 saturated carbocycles. The molecule has 1 rings (SSSR count). The fourth-order valence-corrected chi connectivity index (χ4v) is 3.89. The van der Waals surface area contributed by atoms with Crippen molar-refractivity contribution >= 4 is 51.2 Å². The first-order valence-electron chi connectivity index (χ1n) is 9.49. The molecule has 29 heavy (non-hydrogen) atoms. The summed E-state index contributed by atoms with van der Waals surface area (Å²) in [5.74, 6) is -0.0110. The fraction of sp³-hybridized carbons (Fsp3) is 0.474. The van der Waals surface area contributed by atoms with Gasteiger partial charge in [-0.25, -0.2) is 9.59 Å². The number of carbonyl (C=O) groups excluding carboxylic acids is 4. The third-order valence-electron chi connectivity index (χ3n) is 3.54. The molecule has 6 amide bonds. The van der Waals surface area contributed by atoms with Crippen molar-refractivity contribution in [3.05, 3.63) is 30.3 Å². The standard InChI is InChI=1S/C19H28N4O4S2/c1-2-3-4-8-11-16(24)22-18(26)20-12-13-28-29-14-17(25)23-19(27)21-15-9-6-5-7-10-15/h5-7,9-10H,2-4,8,11-14H2,1H3,(H2,20,22,24,26)(H2,21,23,25,27). The van der Waals surface area contributed by atoms with E-state index in [4.69, 9.17) is 0 Å². The van der Waals surface area contributed by atoms with Crippen LogP contribution in [0, 0.1) is 0 Å². The number of nitrogens with one attached hydrogen (secondary N) is 4. The molecule has 0 radical (unpaired) electrons. The Hall–Kier alpha value is -2.20. The molecule has 0 aliphatic rings. The predicted molar refractivity (Wildman–Crippen MR) is 119 cm³/mol. The van der Waals surface area contributed by atoms with E-state index in [1.807, 2.05) is 6.07 Å². The van der Waals surface area contributed by atoms with E-state index in [1.54, 1.807) is 24.3 Å². The van der Waals surface area contributed by atoms with Crippen molar-refractivity contribution in [2.75, 3.05) is 23.4 Å². The second kappa shape index (κ2) is 15.7. The third kappa shape index (κ3) is 13.6. The number of unbranched alkanes of at least 4 members (excludes halogenated alkanes) is 3. The molecule has 0 aliphatic heterocycles. The molecule has 0 aromatic heterocycles. The lowest BCUT2D eigenvalue weighted by atomic mass is 10.1. The van der Waals surface area contributed by atoms with E-state index in [2.05, 4.69) is 28.2 Å². The Morgan fingerprint density at radius 2 is 1.59 bits per heavy atom. The number of para-hydroxylation sites is 1. The summed E-state index contributed by atoms with van der Waals surface area (Å²) in [5, 5.41) is 9.69. The summed E-state index contributed by atoms with van der Waals surface area (Å²) in [6, 6.07) is 7.74. The molecule has 0 bridgehead atoms. The second-order valence-corrected chi connectivity index (χ2v) is 8.65. The van der Waals surface area contributed by atoms with E-state index >= 15 is 0 Å². The Bertz CT molecular complexity index is 659. The number of urea groups is 2. The van der Waals surface area contributed by atoms with Crippen LogP contribution in [0.2, 0.25) is 0 Å². The van der Waals surface area contributed by atoms with Crippen LogP contribution in [-0.4, -0.2) is 41.9 Å². The van der Waals surface area contributed by atoms with Gasteiger partial charge in [0.05, 0.1) is 5.75 Å². The van der Waals surface area contributed by atoms with Gasteiger partial charge in [-0.3, -0.25) is 20.2 Å². The van der Waals surface area contributed by atoms with Crippen molar-refractivity contribution in [2.24, 2.45) is 0 Å². The Labute approximate surface area is 179 Å². The van der Waals surface area contributed by atoms with Gasteiger partial charge >= 0.3 is 12.1 Å². The molecule has 0 atom stereocenters. The number of imide groups is 2. The molecule has 1 aromatic carbocycles. The highest BCUT2D eigenvalue weighted by atomic mass is 33.1. The Morgan fingerprint density at radius 1 is 0.862 bits per heavy atom. The first-order valence-corrected chi connectivity index (χ1v) is 12.0. The molecular weight excluding hydrogens is 412 g/mol. The van der Waals surface area contributed by atoms with Gasteiger partial charge in [0.15, 0.2) is 0 Å². The highest BCUT2D eigenvalue weighted by Gasteiger charge is 2.09. The van der Waals surface area contributed by atoms with Crippen LogP contribution in [0.4, 0.5) is 15.3 Å². The number of hydrogen-bond acceptors (Lipinski definition) is 6. The maximum Gasteiger partial charge on any atom is 0.325 e. The topological polar surface area (TPSA) is 116 Å². The van der Waals surface area contributed by atoms with Crippen molar-refractivity contribution in [2.45, 2.75) is 39.0 Å². The van der Waals surface area contributed by atoms with Crippen LogP contribution in [0.1, 0.15) is 39.0 Å². The first kappa shape index (κ1) is 24.8. The van der Waals surface area contributed by atoms with Crippen molar-refractivity contribution < 1.29 is 19.2 Å². The molecule has 0 aliphatic carbocycles. The molecule has 4 N–H and O–H groups in total. The molecular formula is C19H28N4O4S2. The highest BCUT2D eigenvalue weighted by molar-refractivity contribution is 8.76. The van der Waals surface area contributed by atoms with Gasteiger partial charge in [0.1, 0.15) is 0 Å². The molecule has 1 aromatic rings. The van der Waals surface area contributed by atoms with Crippen LogP contribution in [0.3, 0.4) is 0 Å². The minimum atomic E-state index is -0.579. The minimum absolute atomic E-state index is 0.106. The number of hydrogen-bond donors (Lipinski definition) is 4. The maximum atomic E-state index is 11.7. The average molecular weight is 441 g/mol. The van der Waals surface area contributed by atoms with Gasteiger partial charge < -0.3 is 10.6 Å². The largest absolute Gasteiger partial charge is 0.337 e. The summed E-state index contributed by atoms with van der Waals surface area (Å²) in [6.07, 6.45) is 4.31. The van der Waals surface area contributed by atoms with Crippen molar-refractivity contribution in [1.29, 1.82) is 0 Å². The second-order valence-electron chi connectivity index (χ2n) is 6.07. The van der Waals surface area contributed by atoms with Crippen LogP contribution in [0.15, 0.2) is 30.3 Å². The van der Waals surface area contributed by atoms with Crippen LogP contribution in [-0.2, 0) is 9.59 Å². The lowest BCUT2D eigenvalue weighted by molar-refractivity contribution is -0.120. The van der Waals surface area contributed by atoms with Gasteiger partial charge in [-0.2, -0.15) is 0 Å². The molecule has 10 heteroatoms. The maximum absolute atomic E-state index is 11.7. The third-order valence-corrected chi connectivity index (χ3v) is 5.81. The van der Waals surface area contributed by atoms with Crippen LogP contribution in [0.25, 0.3) is 0 Å². The Kier molecular flexibility index (Phi) is 13.4. The molecule has 0 fully saturated rings. The summed E-state index contributed by atoms with van der Waals surface area (Å²) < 4.78 is 0. The minimum Gasteiger partial charge on any atom is -0.337 e. The molecule has 0 spiro atoms. The van der Waals surface area contributed by atoms with Gasteiger partial charge in [0.25, 0.3) is 0 Å². The number of benzene rings is 1. The van der Waals surface area contributed by atoms with E-state index in [0.29, 0.717) is 24.4 Å². The molecule has 0 heterocycles. The van der Waals surface area contributed by atoms with E-state index in [-0.39, 0.29) is 11.7 Å². The van der Waals surface area contributed by atoms with E-state index < -0.39 is 18.0 Å². The first-order chi connectivity index (χ1) is 14.0. The fourth-order valence-electron chi connectivity index (χ4n) is 2.15. The summed E-state index contributed by atoms with van der Waals surface area (Å²) in [5.41, 5.74) is 0.601. The van der Waals surface area contributed by atoms with Crippen molar-refractivity contribution in [3.63, 3.8) is 0 Å². The van der Waals surface area contributed by atoms with Crippen LogP contribution >= 0.6 is 21.6 Å². The zero-order valence-electron chi connectivity index (χ0n) is 16.5. The van der Waals surface area contributed by atoms with Crippen molar-refractivity contribution in [3.8, 4) is 0 Å². The summed E-state index contributed by atoms with van der Waals surface area (Å²) in [4.78, 5) is 46.5. The van der Waals surface area contributed by atoms with Crippen LogP contribution < -0.4 is 21.3 Å². The van der Waals surface area contributed by atoms with Gasteiger partial charge in [-0.15, -0.1) is 0 Å². The van der Waals surface area contributed by atoms with Gasteiger partial charge in [0, 0.05) is 24.4 Å². The molecule has 0 unspecified atom stereocenters. The number of rotatable bonds is 12. The van der Waals surface area contributed by atoms with E-state index in [1.165, 1.54) is 21.6 Å². The predicted octanol–water partition coefficient (Wildman–Crippen LogP) is 3.51. The van der Waals surface area contributed by atoms with Gasteiger partial charge in [-0.05, 0) is 18.6 Å².